The van der Waals surface area contributed by atoms with E-state index < -0.39 is 11.0 Å². The lowest BCUT2D eigenvalue weighted by Gasteiger charge is -2.46. The van der Waals surface area contributed by atoms with E-state index in [0.29, 0.717) is 31.2 Å². The van der Waals surface area contributed by atoms with Crippen LogP contribution < -0.4 is 9.47 Å². The Kier molecular flexibility index (Phi) is 8.88. The molecular formula is C34H49N3O7. The zero-order chi connectivity index (χ0) is 31.9. The summed E-state index contributed by atoms with van der Waals surface area (Å²) in [6, 6.07) is 6.05. The maximum Gasteiger partial charge on any atom is 0.325 e. The van der Waals surface area contributed by atoms with Gasteiger partial charge in [-0.3, -0.25) is 9.80 Å². The SMILES string of the molecule is COCCN1C(=O)N2CC3(C)C=C(OC)C(OC)=C(OC)C3C(C)(C)C=C2C12CCN(Cc1cc(OC)cc(OC)c1)CC2. The second kappa shape index (κ2) is 12.2. The zero-order valence-corrected chi connectivity index (χ0v) is 27.8. The van der Waals surface area contributed by atoms with E-state index in [9.17, 15) is 4.79 Å². The number of allylic oxidation sites excluding steroid dienone is 2. The van der Waals surface area contributed by atoms with Crippen molar-refractivity contribution < 1.29 is 33.2 Å². The molecule has 4 aliphatic rings. The lowest BCUT2D eigenvalue weighted by Crippen LogP contribution is -2.54. The summed E-state index contributed by atoms with van der Waals surface area (Å²) >= 11 is 0. The number of methoxy groups -OCH3 is 6. The molecule has 10 heteroatoms. The predicted octanol–water partition coefficient (Wildman–Crippen LogP) is 5.02. The highest BCUT2D eigenvalue weighted by atomic mass is 16.5. The van der Waals surface area contributed by atoms with Crippen molar-refractivity contribution in [2.45, 2.75) is 45.7 Å². The van der Waals surface area contributed by atoms with Crippen molar-refractivity contribution in [3.8, 4) is 11.5 Å². The molecular weight excluding hydrogens is 562 g/mol. The van der Waals surface area contributed by atoms with Gasteiger partial charge in [-0.05, 0) is 42.0 Å². The molecule has 2 amide bonds. The van der Waals surface area contributed by atoms with Gasteiger partial charge >= 0.3 is 6.03 Å². The fourth-order valence-corrected chi connectivity index (χ4v) is 8.17. The second-order valence-electron chi connectivity index (χ2n) is 13.1. The highest BCUT2D eigenvalue weighted by molar-refractivity contribution is 5.83. The van der Waals surface area contributed by atoms with Crippen LogP contribution in [-0.2, 0) is 25.5 Å². The molecule has 10 nitrogen and oxygen atoms in total. The molecule has 2 unspecified atom stereocenters. The van der Waals surface area contributed by atoms with Gasteiger partial charge in [0, 0.05) is 62.9 Å². The first kappa shape index (κ1) is 32.0. The van der Waals surface area contributed by atoms with Gasteiger partial charge in [0.2, 0.25) is 0 Å². The standard InChI is InChI=1S/C34H49N3O7/c1-32(2)20-27-34(10-12-35(13-11-34)21-23-16-24(40-5)18-25(17-23)41-6)37(14-15-39-4)31(38)36(27)22-33(3)19-26(42-7)28(43-8)29(44-9)30(32)33/h16-20,30H,10-15,21-22H2,1-9H3. The number of fused-ring (bicyclic) bond motifs is 3. The molecule has 2 fully saturated rings. The molecule has 0 saturated carbocycles. The molecule has 0 radical (unpaired) electrons. The lowest BCUT2D eigenvalue weighted by molar-refractivity contribution is 0.0530. The summed E-state index contributed by atoms with van der Waals surface area (Å²) in [6.07, 6.45) is 6.10. The van der Waals surface area contributed by atoms with Gasteiger partial charge in [0.15, 0.2) is 11.5 Å². The topological polar surface area (TPSA) is 82.2 Å². The second-order valence-corrected chi connectivity index (χ2v) is 13.1. The molecule has 1 spiro atoms. The Morgan fingerprint density at radius 3 is 2.05 bits per heavy atom. The summed E-state index contributed by atoms with van der Waals surface area (Å²) in [5.41, 5.74) is 0.943. The number of hydrogen-bond donors (Lipinski definition) is 0. The number of likely N-dealkylation sites (tertiary alicyclic amines) is 1. The number of rotatable bonds is 10. The number of piperidine rings is 1. The van der Waals surface area contributed by atoms with Crippen LogP contribution in [0.25, 0.3) is 0 Å². The Morgan fingerprint density at radius 2 is 1.50 bits per heavy atom. The van der Waals surface area contributed by atoms with E-state index in [1.54, 1.807) is 42.7 Å². The smallest absolute Gasteiger partial charge is 0.325 e. The number of hydrogen-bond acceptors (Lipinski definition) is 8. The first-order valence-corrected chi connectivity index (χ1v) is 15.4. The van der Waals surface area contributed by atoms with Crippen molar-refractivity contribution in [1.82, 2.24) is 14.7 Å². The molecule has 1 aromatic rings. The van der Waals surface area contributed by atoms with E-state index in [1.807, 2.05) is 11.0 Å². The van der Waals surface area contributed by atoms with E-state index in [0.717, 1.165) is 61.0 Å². The molecule has 44 heavy (non-hydrogen) atoms. The van der Waals surface area contributed by atoms with Gasteiger partial charge < -0.3 is 33.3 Å². The molecule has 3 aliphatic heterocycles. The van der Waals surface area contributed by atoms with Crippen molar-refractivity contribution in [2.24, 2.45) is 16.7 Å². The number of ether oxygens (including phenoxy) is 6. The fourth-order valence-electron chi connectivity index (χ4n) is 8.17. The number of carbonyl (C=O) groups excluding carboxylic acids is 1. The minimum atomic E-state index is -0.472. The minimum Gasteiger partial charge on any atom is -0.497 e. The number of benzene rings is 1. The van der Waals surface area contributed by atoms with Crippen LogP contribution in [0.2, 0.25) is 0 Å². The van der Waals surface area contributed by atoms with Crippen LogP contribution in [0.5, 0.6) is 11.5 Å². The van der Waals surface area contributed by atoms with Crippen LogP contribution in [0, 0.1) is 16.7 Å². The summed E-state index contributed by atoms with van der Waals surface area (Å²) in [5, 5.41) is 0. The average Bonchev–Trinajstić information content (AvgIpc) is 3.13. The molecule has 0 N–H and O–H groups in total. The molecule has 3 heterocycles. The first-order valence-electron chi connectivity index (χ1n) is 15.4. The highest BCUT2D eigenvalue weighted by Gasteiger charge is 2.61. The zero-order valence-electron chi connectivity index (χ0n) is 27.8. The largest absolute Gasteiger partial charge is 0.497 e. The molecule has 2 saturated heterocycles. The quantitative estimate of drug-likeness (QED) is 0.365. The van der Waals surface area contributed by atoms with Crippen molar-refractivity contribution >= 4 is 6.03 Å². The summed E-state index contributed by atoms with van der Waals surface area (Å²) < 4.78 is 34.2. The minimum absolute atomic E-state index is 0.0322. The third-order valence-electron chi connectivity index (χ3n) is 9.99. The van der Waals surface area contributed by atoms with Crippen molar-refractivity contribution in [3.05, 3.63) is 58.9 Å². The van der Waals surface area contributed by atoms with Crippen LogP contribution in [0.15, 0.2) is 53.3 Å². The molecule has 0 aromatic heterocycles. The van der Waals surface area contributed by atoms with Gasteiger partial charge in [-0.15, -0.1) is 0 Å². The maximum absolute atomic E-state index is 14.4. The van der Waals surface area contributed by atoms with Gasteiger partial charge in [0.25, 0.3) is 0 Å². The Balaban J connectivity index is 1.52. The summed E-state index contributed by atoms with van der Waals surface area (Å²) in [7, 11) is 10.0. The van der Waals surface area contributed by atoms with Crippen LogP contribution in [-0.4, -0.2) is 102 Å². The Bertz CT molecular complexity index is 1320. The van der Waals surface area contributed by atoms with Crippen LogP contribution >= 0.6 is 0 Å². The Hall–Kier alpha value is -3.37. The molecule has 1 aromatic carbocycles. The third kappa shape index (κ3) is 5.30. The molecule has 2 atom stereocenters. The number of urea groups is 1. The number of amides is 2. The van der Waals surface area contributed by atoms with E-state index >= 15 is 0 Å². The van der Waals surface area contributed by atoms with E-state index in [4.69, 9.17) is 28.4 Å². The van der Waals surface area contributed by atoms with Crippen LogP contribution in [0.4, 0.5) is 4.79 Å². The van der Waals surface area contributed by atoms with Gasteiger partial charge in [0.05, 0.1) is 47.7 Å². The Labute approximate surface area is 262 Å². The van der Waals surface area contributed by atoms with E-state index in [-0.39, 0.29) is 17.4 Å². The summed E-state index contributed by atoms with van der Waals surface area (Å²) in [5.74, 6) is 3.47. The predicted molar refractivity (Wildman–Crippen MR) is 167 cm³/mol. The first-order chi connectivity index (χ1) is 21.0. The molecule has 0 bridgehead atoms. The molecule has 242 valence electrons. The van der Waals surface area contributed by atoms with Gasteiger partial charge in [-0.1, -0.05) is 26.8 Å². The monoisotopic (exact) mass is 611 g/mol. The summed E-state index contributed by atoms with van der Waals surface area (Å²) in [4.78, 5) is 21.0. The average molecular weight is 612 g/mol. The number of nitrogens with zero attached hydrogens (tertiary/aromatic N) is 3. The van der Waals surface area contributed by atoms with Crippen LogP contribution in [0.1, 0.15) is 39.2 Å². The van der Waals surface area contributed by atoms with Gasteiger partial charge in [-0.25, -0.2) is 4.79 Å². The lowest BCUT2D eigenvalue weighted by atomic mass is 9.61. The van der Waals surface area contributed by atoms with Gasteiger partial charge in [-0.2, -0.15) is 0 Å². The molecule has 5 rings (SSSR count). The molecule has 1 aliphatic carbocycles. The normalized spacial score (nSPS) is 26.0. The van der Waals surface area contributed by atoms with Crippen molar-refractivity contribution in [1.29, 1.82) is 0 Å². The van der Waals surface area contributed by atoms with E-state index in [1.165, 1.54) is 0 Å². The van der Waals surface area contributed by atoms with E-state index in [2.05, 4.69) is 54.9 Å². The van der Waals surface area contributed by atoms with Crippen molar-refractivity contribution in [2.75, 3.05) is 75.4 Å². The number of carbonyl (C=O) groups is 1. The summed E-state index contributed by atoms with van der Waals surface area (Å²) in [6.45, 7) is 10.7. The van der Waals surface area contributed by atoms with Crippen molar-refractivity contribution in [3.63, 3.8) is 0 Å². The fraction of sp³-hybridized carbons (Fsp3) is 0.618. The maximum atomic E-state index is 14.4. The van der Waals surface area contributed by atoms with Gasteiger partial charge in [0.1, 0.15) is 17.3 Å². The third-order valence-corrected chi connectivity index (χ3v) is 9.99. The Morgan fingerprint density at radius 1 is 0.841 bits per heavy atom. The van der Waals surface area contributed by atoms with Crippen LogP contribution in [0.3, 0.4) is 0 Å². The highest BCUT2D eigenvalue weighted by Crippen LogP contribution is 2.58.